The van der Waals surface area contributed by atoms with Gasteiger partial charge in [-0.25, -0.2) is 8.42 Å². The monoisotopic (exact) mass is 287 g/mol. The van der Waals surface area contributed by atoms with Gasteiger partial charge < -0.3 is 15.2 Å². The Morgan fingerprint density at radius 3 is 2.58 bits per heavy atom. The molecule has 0 atom stereocenters. The van der Waals surface area contributed by atoms with Crippen LogP contribution in [0.1, 0.15) is 12.0 Å². The summed E-state index contributed by atoms with van der Waals surface area (Å²) in [6.45, 7) is 3.16. The largest absolute Gasteiger partial charge is 0.399 e. The van der Waals surface area contributed by atoms with Crippen LogP contribution in [0.3, 0.4) is 0 Å². The predicted octanol–water partition coefficient (Wildman–Crippen LogP) is 1.40. The Morgan fingerprint density at radius 2 is 1.95 bits per heavy atom. The van der Waals surface area contributed by atoms with Crippen LogP contribution in [0.4, 0.5) is 5.69 Å². The number of sulfone groups is 1. The molecule has 0 bridgehead atoms. The number of anilines is 1. The maximum absolute atomic E-state index is 12.1. The molecule has 0 fully saturated rings. The summed E-state index contributed by atoms with van der Waals surface area (Å²) in [4.78, 5) is 0.346. The normalized spacial score (nSPS) is 11.7. The van der Waals surface area contributed by atoms with Crippen LogP contribution in [0.15, 0.2) is 23.1 Å². The van der Waals surface area contributed by atoms with E-state index in [0.29, 0.717) is 42.4 Å². The quantitative estimate of drug-likeness (QED) is 0.577. The summed E-state index contributed by atoms with van der Waals surface area (Å²) in [6, 6.07) is 4.84. The summed E-state index contributed by atoms with van der Waals surface area (Å²) in [6.07, 6.45) is 0.468. The number of nitrogen functional groups attached to an aromatic ring is 1. The van der Waals surface area contributed by atoms with Crippen LogP contribution in [0.25, 0.3) is 0 Å². The first kappa shape index (κ1) is 15.9. The summed E-state index contributed by atoms with van der Waals surface area (Å²) in [7, 11) is -1.67. The molecule has 0 aromatic heterocycles. The molecule has 0 aliphatic rings. The fourth-order valence-corrected chi connectivity index (χ4v) is 3.27. The van der Waals surface area contributed by atoms with Crippen LogP contribution in [0.5, 0.6) is 0 Å². The molecule has 5 nitrogen and oxygen atoms in total. The fourth-order valence-electron chi connectivity index (χ4n) is 1.73. The van der Waals surface area contributed by atoms with Gasteiger partial charge in [0.1, 0.15) is 0 Å². The van der Waals surface area contributed by atoms with E-state index < -0.39 is 9.84 Å². The molecule has 0 aliphatic carbocycles. The fraction of sp³-hybridized carbons (Fsp3) is 0.538. The minimum Gasteiger partial charge on any atom is -0.399 e. The van der Waals surface area contributed by atoms with Crippen molar-refractivity contribution in [2.45, 2.75) is 18.2 Å². The molecule has 0 unspecified atom stereocenters. The number of nitrogens with two attached hydrogens (primary N) is 1. The SMILES string of the molecule is COCCOCCCS(=O)(=O)c1ccc(N)cc1C. The van der Waals surface area contributed by atoms with E-state index in [4.69, 9.17) is 15.2 Å². The third-order valence-corrected chi connectivity index (χ3v) is 4.62. The molecule has 6 heteroatoms. The van der Waals surface area contributed by atoms with Crippen LogP contribution in [-0.2, 0) is 19.3 Å². The zero-order chi connectivity index (χ0) is 14.3. The molecule has 1 aromatic carbocycles. The van der Waals surface area contributed by atoms with Gasteiger partial charge >= 0.3 is 0 Å². The maximum Gasteiger partial charge on any atom is 0.178 e. The summed E-state index contributed by atoms with van der Waals surface area (Å²) < 4.78 is 34.3. The van der Waals surface area contributed by atoms with Crippen molar-refractivity contribution in [2.24, 2.45) is 0 Å². The van der Waals surface area contributed by atoms with Crippen molar-refractivity contribution < 1.29 is 17.9 Å². The van der Waals surface area contributed by atoms with Gasteiger partial charge in [-0.1, -0.05) is 0 Å². The van der Waals surface area contributed by atoms with Crippen LogP contribution < -0.4 is 5.73 Å². The first-order valence-electron chi connectivity index (χ1n) is 6.13. The highest BCUT2D eigenvalue weighted by molar-refractivity contribution is 7.91. The molecule has 0 saturated heterocycles. The van der Waals surface area contributed by atoms with Crippen LogP contribution in [-0.4, -0.2) is 41.1 Å². The highest BCUT2D eigenvalue weighted by Gasteiger charge is 2.16. The lowest BCUT2D eigenvalue weighted by atomic mass is 10.2. The van der Waals surface area contributed by atoms with E-state index in [1.54, 1.807) is 32.2 Å². The molecule has 2 N–H and O–H groups in total. The lowest BCUT2D eigenvalue weighted by molar-refractivity contribution is 0.0712. The van der Waals surface area contributed by atoms with Gasteiger partial charge in [0.15, 0.2) is 9.84 Å². The Labute approximate surface area is 114 Å². The molecule has 0 amide bonds. The summed E-state index contributed by atoms with van der Waals surface area (Å²) in [5.41, 5.74) is 6.86. The molecule has 0 spiro atoms. The molecule has 1 rings (SSSR count). The predicted molar refractivity (Wildman–Crippen MR) is 75.0 cm³/mol. The second-order valence-electron chi connectivity index (χ2n) is 4.30. The maximum atomic E-state index is 12.1. The van der Waals surface area contributed by atoms with Crippen molar-refractivity contribution in [3.05, 3.63) is 23.8 Å². The van der Waals surface area contributed by atoms with E-state index in [2.05, 4.69) is 0 Å². The van der Waals surface area contributed by atoms with E-state index >= 15 is 0 Å². The zero-order valence-corrected chi connectivity index (χ0v) is 12.2. The molecule has 0 saturated carbocycles. The lowest BCUT2D eigenvalue weighted by Crippen LogP contribution is -2.12. The molecule has 0 radical (unpaired) electrons. The highest BCUT2D eigenvalue weighted by atomic mass is 32.2. The van der Waals surface area contributed by atoms with E-state index in [1.165, 1.54) is 0 Å². The van der Waals surface area contributed by atoms with E-state index in [1.807, 2.05) is 0 Å². The smallest absolute Gasteiger partial charge is 0.178 e. The molecular weight excluding hydrogens is 266 g/mol. The first-order valence-corrected chi connectivity index (χ1v) is 7.78. The number of methoxy groups -OCH3 is 1. The lowest BCUT2D eigenvalue weighted by Gasteiger charge is -2.08. The summed E-state index contributed by atoms with van der Waals surface area (Å²) in [5, 5.41) is 0. The summed E-state index contributed by atoms with van der Waals surface area (Å²) >= 11 is 0. The number of rotatable bonds is 8. The number of hydrogen-bond donors (Lipinski definition) is 1. The van der Waals surface area contributed by atoms with Gasteiger partial charge in [-0.2, -0.15) is 0 Å². The molecule has 108 valence electrons. The van der Waals surface area contributed by atoms with Crippen molar-refractivity contribution in [2.75, 3.05) is 38.4 Å². The highest BCUT2D eigenvalue weighted by Crippen LogP contribution is 2.19. The molecular formula is C13H21NO4S. The standard InChI is InChI=1S/C13H21NO4S/c1-11-10-12(14)4-5-13(11)19(15,16)9-3-6-18-8-7-17-2/h4-5,10H,3,6-9,14H2,1-2H3. The minimum absolute atomic E-state index is 0.0741. The Kier molecular flexibility index (Phi) is 6.27. The van der Waals surface area contributed by atoms with Gasteiger partial charge in [0, 0.05) is 19.4 Å². The second-order valence-corrected chi connectivity index (χ2v) is 6.38. The Morgan fingerprint density at radius 1 is 1.21 bits per heavy atom. The van der Waals surface area contributed by atoms with E-state index in [-0.39, 0.29) is 5.75 Å². The Bertz CT molecular complexity index is 499. The van der Waals surface area contributed by atoms with Gasteiger partial charge in [0.05, 0.1) is 23.9 Å². The van der Waals surface area contributed by atoms with Crippen molar-refractivity contribution in [1.82, 2.24) is 0 Å². The third kappa shape index (κ3) is 5.18. The zero-order valence-electron chi connectivity index (χ0n) is 11.4. The Hall–Kier alpha value is -1.11. The van der Waals surface area contributed by atoms with Crippen molar-refractivity contribution in [3.8, 4) is 0 Å². The summed E-state index contributed by atoms with van der Waals surface area (Å²) in [5.74, 6) is 0.0741. The van der Waals surface area contributed by atoms with Gasteiger partial charge in [-0.05, 0) is 37.1 Å². The number of benzene rings is 1. The minimum atomic E-state index is -3.27. The molecule has 1 aromatic rings. The number of aryl methyl sites for hydroxylation is 1. The van der Waals surface area contributed by atoms with Crippen molar-refractivity contribution in [3.63, 3.8) is 0 Å². The third-order valence-electron chi connectivity index (χ3n) is 2.67. The second kappa shape index (κ2) is 7.47. The molecule has 19 heavy (non-hydrogen) atoms. The van der Waals surface area contributed by atoms with Crippen molar-refractivity contribution in [1.29, 1.82) is 0 Å². The molecule has 0 aliphatic heterocycles. The molecule has 0 heterocycles. The van der Waals surface area contributed by atoms with Gasteiger partial charge in [-0.15, -0.1) is 0 Å². The first-order chi connectivity index (χ1) is 8.97. The van der Waals surface area contributed by atoms with Crippen LogP contribution in [0, 0.1) is 6.92 Å². The van der Waals surface area contributed by atoms with Gasteiger partial charge in [0.25, 0.3) is 0 Å². The van der Waals surface area contributed by atoms with Gasteiger partial charge in [0.2, 0.25) is 0 Å². The van der Waals surface area contributed by atoms with Gasteiger partial charge in [-0.3, -0.25) is 0 Å². The van der Waals surface area contributed by atoms with Crippen LogP contribution >= 0.6 is 0 Å². The van der Waals surface area contributed by atoms with E-state index in [0.717, 1.165) is 0 Å². The average Bonchev–Trinajstić information content (AvgIpc) is 2.33. The van der Waals surface area contributed by atoms with Crippen LogP contribution in [0.2, 0.25) is 0 Å². The topological polar surface area (TPSA) is 78.6 Å². The Balaban J connectivity index is 2.52. The van der Waals surface area contributed by atoms with E-state index in [9.17, 15) is 8.42 Å². The average molecular weight is 287 g/mol. The number of ether oxygens (including phenoxy) is 2. The number of hydrogen-bond acceptors (Lipinski definition) is 5. The van der Waals surface area contributed by atoms with Crippen molar-refractivity contribution >= 4 is 15.5 Å².